The predicted molar refractivity (Wildman–Crippen MR) is 85.2 cm³/mol. The SMILES string of the molecule is COc1cccc(C(C)(CC(=O)O)NC(=O)CC(C)(C)C(F)(F)F)c1. The highest BCUT2D eigenvalue weighted by Crippen LogP contribution is 2.40. The average Bonchev–Trinajstić information content (AvgIpc) is 2.44. The Morgan fingerprint density at radius 3 is 2.24 bits per heavy atom. The van der Waals surface area contributed by atoms with E-state index in [0.29, 0.717) is 11.3 Å². The van der Waals surface area contributed by atoms with Crippen LogP contribution >= 0.6 is 0 Å². The Kier molecular flexibility index (Phi) is 6.09. The van der Waals surface area contributed by atoms with Gasteiger partial charge in [0.2, 0.25) is 5.91 Å². The van der Waals surface area contributed by atoms with Gasteiger partial charge in [-0.25, -0.2) is 0 Å². The summed E-state index contributed by atoms with van der Waals surface area (Å²) in [5.41, 5.74) is -3.18. The lowest BCUT2D eigenvalue weighted by Crippen LogP contribution is -2.47. The first-order valence-corrected chi connectivity index (χ1v) is 7.55. The maximum absolute atomic E-state index is 13.0. The number of ether oxygens (including phenoxy) is 1. The largest absolute Gasteiger partial charge is 0.497 e. The summed E-state index contributed by atoms with van der Waals surface area (Å²) in [6, 6.07) is 6.37. The zero-order valence-electron chi connectivity index (χ0n) is 14.5. The lowest BCUT2D eigenvalue weighted by Gasteiger charge is -2.33. The number of carboxylic acids is 1. The van der Waals surface area contributed by atoms with E-state index in [1.165, 1.54) is 20.1 Å². The standard InChI is InChI=1S/C17H22F3NO4/c1-15(2,17(18,19)20)9-13(22)21-16(3,10-14(23)24)11-6-5-7-12(8-11)25-4/h5-8H,9-10H2,1-4H3,(H,21,22)(H,23,24). The van der Waals surface area contributed by atoms with E-state index in [4.69, 9.17) is 9.84 Å². The van der Waals surface area contributed by atoms with Crippen LogP contribution in [-0.4, -0.2) is 30.3 Å². The third kappa shape index (κ3) is 5.37. The lowest BCUT2D eigenvalue weighted by molar-refractivity contribution is -0.214. The topological polar surface area (TPSA) is 75.6 Å². The molecule has 1 atom stereocenters. The van der Waals surface area contributed by atoms with Crippen molar-refractivity contribution in [3.05, 3.63) is 29.8 Å². The molecule has 0 spiro atoms. The zero-order chi connectivity index (χ0) is 19.5. The molecule has 8 heteroatoms. The Morgan fingerprint density at radius 1 is 1.16 bits per heavy atom. The summed E-state index contributed by atoms with van der Waals surface area (Å²) >= 11 is 0. The van der Waals surface area contributed by atoms with E-state index >= 15 is 0 Å². The molecule has 25 heavy (non-hydrogen) atoms. The lowest BCUT2D eigenvalue weighted by atomic mass is 9.85. The highest BCUT2D eigenvalue weighted by Gasteiger charge is 2.49. The molecular formula is C17H22F3NO4. The van der Waals surface area contributed by atoms with Crippen molar-refractivity contribution in [1.82, 2.24) is 5.32 Å². The Hall–Kier alpha value is -2.25. The molecule has 0 heterocycles. The van der Waals surface area contributed by atoms with Gasteiger partial charge in [0.1, 0.15) is 5.75 Å². The summed E-state index contributed by atoms with van der Waals surface area (Å²) in [4.78, 5) is 23.4. The van der Waals surface area contributed by atoms with Gasteiger partial charge in [-0.3, -0.25) is 9.59 Å². The van der Waals surface area contributed by atoms with Crippen LogP contribution in [0.2, 0.25) is 0 Å². The number of carbonyl (C=O) groups excluding carboxylic acids is 1. The van der Waals surface area contributed by atoms with Crippen LogP contribution in [0.5, 0.6) is 5.75 Å². The second kappa shape index (κ2) is 7.33. The molecule has 1 amide bonds. The quantitative estimate of drug-likeness (QED) is 0.780. The van der Waals surface area contributed by atoms with Crippen molar-refractivity contribution in [3.8, 4) is 5.75 Å². The van der Waals surface area contributed by atoms with E-state index in [-0.39, 0.29) is 0 Å². The Balaban J connectivity index is 3.10. The fraction of sp³-hybridized carbons (Fsp3) is 0.529. The van der Waals surface area contributed by atoms with Gasteiger partial charge in [-0.15, -0.1) is 0 Å². The summed E-state index contributed by atoms with van der Waals surface area (Å²) in [7, 11) is 1.43. The molecule has 0 saturated heterocycles. The molecule has 2 N–H and O–H groups in total. The van der Waals surface area contributed by atoms with Crippen molar-refractivity contribution < 1.29 is 32.6 Å². The average molecular weight is 361 g/mol. The van der Waals surface area contributed by atoms with Crippen molar-refractivity contribution >= 4 is 11.9 Å². The van der Waals surface area contributed by atoms with Gasteiger partial charge in [0.15, 0.2) is 0 Å². The summed E-state index contributed by atoms with van der Waals surface area (Å²) in [5, 5.41) is 11.6. The van der Waals surface area contributed by atoms with Gasteiger partial charge < -0.3 is 15.2 Å². The molecule has 0 aliphatic rings. The van der Waals surface area contributed by atoms with E-state index in [9.17, 15) is 22.8 Å². The van der Waals surface area contributed by atoms with Crippen LogP contribution in [-0.2, 0) is 15.1 Å². The fourth-order valence-corrected chi connectivity index (χ4v) is 2.34. The van der Waals surface area contributed by atoms with Crippen molar-refractivity contribution in [1.29, 1.82) is 0 Å². The zero-order valence-corrected chi connectivity index (χ0v) is 14.5. The number of alkyl halides is 3. The number of nitrogens with one attached hydrogen (secondary N) is 1. The first kappa shape index (κ1) is 20.8. The molecule has 0 aromatic heterocycles. The molecule has 1 aromatic carbocycles. The second-order valence-corrected chi connectivity index (χ2v) is 6.74. The highest BCUT2D eigenvalue weighted by molar-refractivity contribution is 5.79. The van der Waals surface area contributed by atoms with E-state index in [1.807, 2.05) is 0 Å². The van der Waals surface area contributed by atoms with Gasteiger partial charge in [-0.2, -0.15) is 13.2 Å². The fourth-order valence-electron chi connectivity index (χ4n) is 2.34. The van der Waals surface area contributed by atoms with Gasteiger partial charge in [0, 0.05) is 6.42 Å². The van der Waals surface area contributed by atoms with Crippen LogP contribution in [0.4, 0.5) is 13.2 Å². The first-order chi connectivity index (χ1) is 11.3. The van der Waals surface area contributed by atoms with Gasteiger partial charge in [-0.1, -0.05) is 26.0 Å². The van der Waals surface area contributed by atoms with E-state index in [0.717, 1.165) is 13.8 Å². The molecule has 1 unspecified atom stereocenters. The molecule has 0 fully saturated rings. The summed E-state index contributed by atoms with van der Waals surface area (Å²) in [6.07, 6.45) is -5.85. The van der Waals surface area contributed by atoms with Gasteiger partial charge in [-0.05, 0) is 24.6 Å². The number of halogens is 3. The second-order valence-electron chi connectivity index (χ2n) is 6.74. The molecule has 1 rings (SSSR count). The number of carboxylic acid groups (broad SMARTS) is 1. The van der Waals surface area contributed by atoms with Crippen LogP contribution in [0.15, 0.2) is 24.3 Å². The summed E-state index contributed by atoms with van der Waals surface area (Å²) < 4.78 is 44.0. The molecule has 0 bridgehead atoms. The van der Waals surface area contributed by atoms with Crippen molar-refractivity contribution in [2.24, 2.45) is 5.41 Å². The molecule has 140 valence electrons. The maximum Gasteiger partial charge on any atom is 0.394 e. The maximum atomic E-state index is 13.0. The number of carbonyl (C=O) groups is 2. The number of hydrogen-bond acceptors (Lipinski definition) is 3. The number of aliphatic carboxylic acids is 1. The van der Waals surface area contributed by atoms with Crippen molar-refractivity contribution in [2.45, 2.75) is 45.3 Å². The Bertz CT molecular complexity index is 643. The first-order valence-electron chi connectivity index (χ1n) is 7.55. The normalized spacial score (nSPS) is 14.5. The molecule has 0 radical (unpaired) electrons. The molecule has 0 saturated carbocycles. The number of hydrogen-bond donors (Lipinski definition) is 2. The number of amides is 1. The highest BCUT2D eigenvalue weighted by atomic mass is 19.4. The summed E-state index contributed by atoms with van der Waals surface area (Å²) in [6.45, 7) is 3.30. The van der Waals surface area contributed by atoms with E-state index in [1.54, 1.807) is 18.2 Å². The minimum Gasteiger partial charge on any atom is -0.497 e. The Labute approximate surface area is 144 Å². The van der Waals surface area contributed by atoms with Crippen LogP contribution in [0.3, 0.4) is 0 Å². The molecule has 0 aliphatic heterocycles. The molecule has 0 aliphatic carbocycles. The van der Waals surface area contributed by atoms with Crippen LogP contribution < -0.4 is 10.1 Å². The van der Waals surface area contributed by atoms with Crippen molar-refractivity contribution in [2.75, 3.05) is 7.11 Å². The number of benzene rings is 1. The van der Waals surface area contributed by atoms with Crippen LogP contribution in [0.1, 0.15) is 39.2 Å². The van der Waals surface area contributed by atoms with Gasteiger partial charge >= 0.3 is 12.1 Å². The monoisotopic (exact) mass is 361 g/mol. The minimum atomic E-state index is -4.55. The van der Waals surface area contributed by atoms with Gasteiger partial charge in [0.25, 0.3) is 0 Å². The number of methoxy groups -OCH3 is 1. The molecule has 1 aromatic rings. The summed E-state index contributed by atoms with van der Waals surface area (Å²) in [5.74, 6) is -1.63. The molecular weight excluding hydrogens is 339 g/mol. The third-order valence-electron chi connectivity index (χ3n) is 4.00. The van der Waals surface area contributed by atoms with Gasteiger partial charge in [0.05, 0.1) is 24.5 Å². The van der Waals surface area contributed by atoms with E-state index in [2.05, 4.69) is 5.32 Å². The smallest absolute Gasteiger partial charge is 0.394 e. The van der Waals surface area contributed by atoms with Crippen LogP contribution in [0, 0.1) is 5.41 Å². The predicted octanol–water partition coefficient (Wildman–Crippen LogP) is 3.48. The minimum absolute atomic E-state index is 0.424. The van der Waals surface area contributed by atoms with Crippen LogP contribution in [0.25, 0.3) is 0 Å². The third-order valence-corrected chi connectivity index (χ3v) is 4.00. The number of rotatable bonds is 7. The van der Waals surface area contributed by atoms with E-state index < -0.39 is 41.8 Å². The molecule has 5 nitrogen and oxygen atoms in total. The van der Waals surface area contributed by atoms with Crippen molar-refractivity contribution in [3.63, 3.8) is 0 Å². The Morgan fingerprint density at radius 2 is 1.76 bits per heavy atom.